The molecule has 0 N–H and O–H groups in total. The number of benzene rings is 3. The van der Waals surface area contributed by atoms with Crippen LogP contribution >= 0.6 is 39.1 Å². The summed E-state index contributed by atoms with van der Waals surface area (Å²) in [7, 11) is 0. The van der Waals surface area contributed by atoms with Gasteiger partial charge in [0.2, 0.25) is 0 Å². The Morgan fingerprint density at radius 1 is 0.946 bits per heavy atom. The summed E-state index contributed by atoms with van der Waals surface area (Å²) in [6.07, 6.45) is 5.68. The standard InChI is InChI=1S/C28H28BrCl2N3O3/c29-24-7-2-1-6-21(24)10-11-22-20-23(34(35)36)12-13-27(22)37-19-4-3-14-32-15-17-33(18-16-32)26-9-5-8-25(30)28(26)31/h1-2,5-13,20H,3-4,14-19H2. The average Bonchev–Trinajstić information content (AvgIpc) is 2.90. The van der Waals surface area contributed by atoms with Crippen molar-refractivity contribution in [3.63, 3.8) is 0 Å². The molecular weight excluding hydrogens is 577 g/mol. The van der Waals surface area contributed by atoms with E-state index in [1.54, 1.807) is 12.1 Å². The highest BCUT2D eigenvalue weighted by Gasteiger charge is 2.19. The van der Waals surface area contributed by atoms with Crippen LogP contribution in [0.25, 0.3) is 12.2 Å². The third-order valence-electron chi connectivity index (χ3n) is 6.32. The van der Waals surface area contributed by atoms with E-state index in [1.165, 1.54) is 6.07 Å². The van der Waals surface area contributed by atoms with Crippen molar-refractivity contribution in [2.75, 3.05) is 44.2 Å². The van der Waals surface area contributed by atoms with Gasteiger partial charge in [0.05, 0.1) is 27.3 Å². The molecule has 1 aliphatic heterocycles. The number of non-ortho nitro benzene ring substituents is 1. The fourth-order valence-electron chi connectivity index (χ4n) is 4.27. The Hall–Kier alpha value is -2.58. The van der Waals surface area contributed by atoms with Gasteiger partial charge < -0.3 is 9.64 Å². The van der Waals surface area contributed by atoms with Crippen molar-refractivity contribution in [3.8, 4) is 5.75 Å². The molecule has 0 amide bonds. The van der Waals surface area contributed by atoms with Crippen LogP contribution in [0.5, 0.6) is 5.75 Å². The molecule has 1 heterocycles. The zero-order valence-corrected chi connectivity index (χ0v) is 23.4. The Labute approximate surface area is 235 Å². The molecule has 1 saturated heterocycles. The second-order valence-electron chi connectivity index (χ2n) is 8.79. The molecule has 6 nitrogen and oxygen atoms in total. The van der Waals surface area contributed by atoms with E-state index in [0.717, 1.165) is 61.3 Å². The topological polar surface area (TPSA) is 58.9 Å². The van der Waals surface area contributed by atoms with E-state index in [-0.39, 0.29) is 10.6 Å². The first-order valence-corrected chi connectivity index (χ1v) is 13.7. The van der Waals surface area contributed by atoms with Crippen LogP contribution in [0.4, 0.5) is 11.4 Å². The Morgan fingerprint density at radius 3 is 2.46 bits per heavy atom. The molecule has 0 aliphatic carbocycles. The number of unbranched alkanes of at least 4 members (excludes halogenated alkanes) is 1. The third kappa shape index (κ3) is 7.48. The van der Waals surface area contributed by atoms with Crippen molar-refractivity contribution in [1.29, 1.82) is 0 Å². The van der Waals surface area contributed by atoms with Crippen LogP contribution in [0, 0.1) is 10.1 Å². The smallest absolute Gasteiger partial charge is 0.270 e. The lowest BCUT2D eigenvalue weighted by Crippen LogP contribution is -2.46. The molecule has 1 fully saturated rings. The van der Waals surface area contributed by atoms with Crippen LogP contribution in [0.2, 0.25) is 10.0 Å². The van der Waals surface area contributed by atoms with Crippen molar-refractivity contribution in [3.05, 3.63) is 96.4 Å². The van der Waals surface area contributed by atoms with Gasteiger partial charge in [-0.3, -0.25) is 15.0 Å². The summed E-state index contributed by atoms with van der Waals surface area (Å²) in [6, 6.07) is 18.3. The van der Waals surface area contributed by atoms with Crippen molar-refractivity contribution < 1.29 is 9.66 Å². The Balaban J connectivity index is 1.26. The van der Waals surface area contributed by atoms with Crippen molar-refractivity contribution >= 4 is 62.7 Å². The maximum atomic E-state index is 11.3. The van der Waals surface area contributed by atoms with Crippen molar-refractivity contribution in [2.45, 2.75) is 12.8 Å². The highest BCUT2D eigenvalue weighted by Crippen LogP contribution is 2.33. The molecule has 4 rings (SSSR count). The maximum absolute atomic E-state index is 11.3. The molecule has 0 bridgehead atoms. The van der Waals surface area contributed by atoms with Crippen molar-refractivity contribution in [1.82, 2.24) is 4.90 Å². The summed E-state index contributed by atoms with van der Waals surface area (Å²) in [5, 5.41) is 12.5. The van der Waals surface area contributed by atoms with Crippen LogP contribution in [-0.2, 0) is 0 Å². The van der Waals surface area contributed by atoms with Gasteiger partial charge >= 0.3 is 0 Å². The minimum absolute atomic E-state index is 0.0392. The van der Waals surface area contributed by atoms with Crippen LogP contribution in [0.3, 0.4) is 0 Å². The molecular formula is C28H28BrCl2N3O3. The number of anilines is 1. The van der Waals surface area contributed by atoms with Gasteiger partial charge in [0.25, 0.3) is 5.69 Å². The lowest BCUT2D eigenvalue weighted by Gasteiger charge is -2.36. The predicted octanol–water partition coefficient (Wildman–Crippen LogP) is 7.82. The fourth-order valence-corrected chi connectivity index (χ4v) is 5.10. The first-order chi connectivity index (χ1) is 17.9. The second kappa shape index (κ2) is 13.3. The molecule has 3 aromatic carbocycles. The monoisotopic (exact) mass is 603 g/mol. The van der Waals surface area contributed by atoms with E-state index in [0.29, 0.717) is 28.0 Å². The van der Waals surface area contributed by atoms with E-state index in [4.69, 9.17) is 27.9 Å². The molecule has 3 aromatic rings. The number of nitro groups is 1. The SMILES string of the molecule is O=[N+]([O-])c1ccc(OCCCCN2CCN(c3cccc(Cl)c3Cl)CC2)c(C=Cc2ccccc2Br)c1. The highest BCUT2D eigenvalue weighted by atomic mass is 79.9. The summed E-state index contributed by atoms with van der Waals surface area (Å²) in [5.74, 6) is 0.640. The number of hydrogen-bond acceptors (Lipinski definition) is 5. The van der Waals surface area contributed by atoms with Gasteiger partial charge in [-0.2, -0.15) is 0 Å². The number of nitrogens with zero attached hydrogens (tertiary/aromatic N) is 3. The summed E-state index contributed by atoms with van der Waals surface area (Å²) in [6.45, 7) is 5.30. The minimum Gasteiger partial charge on any atom is -0.493 e. The molecule has 37 heavy (non-hydrogen) atoms. The van der Waals surface area contributed by atoms with Crippen LogP contribution < -0.4 is 9.64 Å². The number of halogens is 3. The van der Waals surface area contributed by atoms with Crippen LogP contribution in [0.15, 0.2) is 65.1 Å². The Bertz CT molecular complexity index is 1260. The lowest BCUT2D eigenvalue weighted by atomic mass is 10.1. The summed E-state index contributed by atoms with van der Waals surface area (Å²) in [4.78, 5) is 15.6. The number of hydrogen-bond donors (Lipinski definition) is 0. The number of ether oxygens (including phenoxy) is 1. The van der Waals surface area contributed by atoms with Crippen LogP contribution in [0.1, 0.15) is 24.0 Å². The van der Waals surface area contributed by atoms with Gasteiger partial charge in [0, 0.05) is 48.3 Å². The normalized spacial score (nSPS) is 14.3. The lowest BCUT2D eigenvalue weighted by molar-refractivity contribution is -0.384. The number of piperazine rings is 1. The molecule has 194 valence electrons. The second-order valence-corrected chi connectivity index (χ2v) is 10.4. The largest absolute Gasteiger partial charge is 0.493 e. The molecule has 0 spiro atoms. The number of nitro benzene ring substituents is 1. The van der Waals surface area contributed by atoms with E-state index in [1.807, 2.05) is 54.6 Å². The molecule has 1 aliphatic rings. The van der Waals surface area contributed by atoms with E-state index < -0.39 is 0 Å². The zero-order chi connectivity index (χ0) is 26.2. The molecule has 0 radical (unpaired) electrons. The van der Waals surface area contributed by atoms with Crippen LogP contribution in [-0.4, -0.2) is 49.2 Å². The zero-order valence-electron chi connectivity index (χ0n) is 20.3. The molecule has 0 unspecified atom stereocenters. The molecule has 0 saturated carbocycles. The molecule has 0 atom stereocenters. The molecule has 9 heteroatoms. The molecule has 0 aromatic heterocycles. The minimum atomic E-state index is -0.389. The number of rotatable bonds is 10. The van der Waals surface area contributed by atoms with Gasteiger partial charge in [-0.15, -0.1) is 0 Å². The van der Waals surface area contributed by atoms with Gasteiger partial charge in [0.15, 0.2) is 0 Å². The Morgan fingerprint density at radius 2 is 1.70 bits per heavy atom. The van der Waals surface area contributed by atoms with Gasteiger partial charge in [-0.1, -0.05) is 75.5 Å². The average molecular weight is 605 g/mol. The summed E-state index contributed by atoms with van der Waals surface area (Å²) in [5.41, 5.74) is 2.70. The van der Waals surface area contributed by atoms with E-state index in [2.05, 4.69) is 25.7 Å². The Kier molecular flexibility index (Phi) is 9.86. The first-order valence-electron chi connectivity index (χ1n) is 12.2. The third-order valence-corrected chi connectivity index (χ3v) is 7.85. The first kappa shape index (κ1) is 27.5. The van der Waals surface area contributed by atoms with Gasteiger partial charge in [-0.25, -0.2) is 0 Å². The quantitative estimate of drug-likeness (QED) is 0.102. The fraction of sp³-hybridized carbons (Fsp3) is 0.286. The van der Waals surface area contributed by atoms with Crippen molar-refractivity contribution in [2.24, 2.45) is 0 Å². The maximum Gasteiger partial charge on any atom is 0.270 e. The summed E-state index contributed by atoms with van der Waals surface area (Å²) < 4.78 is 6.99. The predicted molar refractivity (Wildman–Crippen MR) is 156 cm³/mol. The van der Waals surface area contributed by atoms with E-state index >= 15 is 0 Å². The highest BCUT2D eigenvalue weighted by molar-refractivity contribution is 9.10. The summed E-state index contributed by atoms with van der Waals surface area (Å²) >= 11 is 16.1. The van der Waals surface area contributed by atoms with Gasteiger partial charge in [0.1, 0.15) is 5.75 Å². The van der Waals surface area contributed by atoms with Gasteiger partial charge in [-0.05, 0) is 49.2 Å². The van der Waals surface area contributed by atoms with E-state index in [9.17, 15) is 10.1 Å².